The summed E-state index contributed by atoms with van der Waals surface area (Å²) in [6, 6.07) is 0.291. The zero-order chi connectivity index (χ0) is 11.9. The molecular weight excluding hydrogens is 216 g/mol. The van der Waals surface area contributed by atoms with Crippen molar-refractivity contribution in [3.05, 3.63) is 0 Å². The Morgan fingerprint density at radius 3 is 2.88 bits per heavy atom. The standard InChI is InChI=1S/C13H24N2O2/c16-13(6-5-11-3-1-2-4-11)15-9-12-10-17-8-7-14-12/h11-12,14H,1-10H2,(H,15,16). The van der Waals surface area contributed by atoms with Crippen molar-refractivity contribution in [1.29, 1.82) is 0 Å². The Balaban J connectivity index is 1.53. The maximum Gasteiger partial charge on any atom is 0.220 e. The van der Waals surface area contributed by atoms with Crippen molar-refractivity contribution in [3.8, 4) is 0 Å². The maximum absolute atomic E-state index is 11.7. The fourth-order valence-corrected chi connectivity index (χ4v) is 2.71. The second kappa shape index (κ2) is 6.97. The van der Waals surface area contributed by atoms with Gasteiger partial charge in [0.25, 0.3) is 0 Å². The van der Waals surface area contributed by atoms with Crippen LogP contribution in [0.3, 0.4) is 0 Å². The third-order valence-corrected chi connectivity index (χ3v) is 3.80. The van der Waals surface area contributed by atoms with Crippen LogP contribution in [-0.2, 0) is 9.53 Å². The van der Waals surface area contributed by atoms with E-state index in [1.165, 1.54) is 25.7 Å². The molecule has 17 heavy (non-hydrogen) atoms. The van der Waals surface area contributed by atoms with Gasteiger partial charge in [0.2, 0.25) is 5.91 Å². The molecule has 1 aliphatic carbocycles. The number of nitrogens with one attached hydrogen (secondary N) is 2. The van der Waals surface area contributed by atoms with Crippen LogP contribution in [-0.4, -0.2) is 38.3 Å². The highest BCUT2D eigenvalue weighted by Gasteiger charge is 2.17. The van der Waals surface area contributed by atoms with Gasteiger partial charge in [-0.25, -0.2) is 0 Å². The molecule has 1 heterocycles. The highest BCUT2D eigenvalue weighted by atomic mass is 16.5. The molecule has 0 aromatic heterocycles. The Morgan fingerprint density at radius 2 is 2.18 bits per heavy atom. The Hall–Kier alpha value is -0.610. The summed E-state index contributed by atoms with van der Waals surface area (Å²) in [6.07, 6.45) is 7.13. The largest absolute Gasteiger partial charge is 0.378 e. The fourth-order valence-electron chi connectivity index (χ4n) is 2.71. The molecule has 1 saturated heterocycles. The van der Waals surface area contributed by atoms with Crippen LogP contribution in [0.2, 0.25) is 0 Å². The minimum atomic E-state index is 0.198. The summed E-state index contributed by atoms with van der Waals surface area (Å²) in [5, 5.41) is 6.33. The lowest BCUT2D eigenvalue weighted by Crippen LogP contribution is -2.48. The zero-order valence-electron chi connectivity index (χ0n) is 10.5. The van der Waals surface area contributed by atoms with Crippen molar-refractivity contribution in [2.24, 2.45) is 5.92 Å². The Bertz CT molecular complexity index is 234. The molecule has 0 spiro atoms. The molecule has 2 aliphatic rings. The number of ether oxygens (including phenoxy) is 1. The highest BCUT2D eigenvalue weighted by molar-refractivity contribution is 5.75. The first kappa shape index (κ1) is 12.8. The number of rotatable bonds is 5. The average Bonchev–Trinajstić information content (AvgIpc) is 2.88. The summed E-state index contributed by atoms with van der Waals surface area (Å²) < 4.78 is 5.34. The SMILES string of the molecule is O=C(CCC1CCCC1)NCC1COCCN1. The van der Waals surface area contributed by atoms with E-state index in [0.717, 1.165) is 25.5 Å². The van der Waals surface area contributed by atoms with Crippen molar-refractivity contribution < 1.29 is 9.53 Å². The molecule has 0 radical (unpaired) electrons. The lowest BCUT2D eigenvalue weighted by Gasteiger charge is -2.24. The number of amides is 1. The molecule has 4 heteroatoms. The van der Waals surface area contributed by atoms with Crippen molar-refractivity contribution >= 4 is 5.91 Å². The van der Waals surface area contributed by atoms with Gasteiger partial charge in [0.15, 0.2) is 0 Å². The third-order valence-electron chi connectivity index (χ3n) is 3.80. The zero-order valence-corrected chi connectivity index (χ0v) is 10.5. The van der Waals surface area contributed by atoms with Gasteiger partial charge >= 0.3 is 0 Å². The molecule has 2 N–H and O–H groups in total. The normalized spacial score (nSPS) is 26.0. The minimum absolute atomic E-state index is 0.198. The average molecular weight is 240 g/mol. The smallest absolute Gasteiger partial charge is 0.220 e. The Kier molecular flexibility index (Phi) is 5.26. The van der Waals surface area contributed by atoms with Crippen molar-refractivity contribution in [3.63, 3.8) is 0 Å². The lowest BCUT2D eigenvalue weighted by atomic mass is 10.0. The summed E-state index contributed by atoms with van der Waals surface area (Å²) in [4.78, 5) is 11.7. The van der Waals surface area contributed by atoms with Gasteiger partial charge in [-0.1, -0.05) is 25.7 Å². The first-order valence-corrected chi connectivity index (χ1v) is 6.92. The number of morpholine rings is 1. The molecule has 1 aliphatic heterocycles. The van der Waals surface area contributed by atoms with E-state index in [-0.39, 0.29) is 5.91 Å². The molecule has 2 fully saturated rings. The summed E-state index contributed by atoms with van der Waals surface area (Å²) in [7, 11) is 0. The molecule has 98 valence electrons. The second-order valence-electron chi connectivity index (χ2n) is 5.22. The molecule has 0 aromatic rings. The molecule has 1 atom stereocenters. The van der Waals surface area contributed by atoms with Crippen molar-refractivity contribution in [2.75, 3.05) is 26.3 Å². The van der Waals surface area contributed by atoms with Gasteiger partial charge < -0.3 is 15.4 Å². The van der Waals surface area contributed by atoms with Crippen LogP contribution in [0.5, 0.6) is 0 Å². The number of hydrogen-bond acceptors (Lipinski definition) is 3. The van der Waals surface area contributed by atoms with E-state index < -0.39 is 0 Å². The molecule has 2 rings (SSSR count). The van der Waals surface area contributed by atoms with Crippen LogP contribution in [0.15, 0.2) is 0 Å². The Labute approximate surface area is 103 Å². The monoisotopic (exact) mass is 240 g/mol. The van der Waals surface area contributed by atoms with E-state index >= 15 is 0 Å². The van der Waals surface area contributed by atoms with E-state index in [1.807, 2.05) is 0 Å². The summed E-state index contributed by atoms with van der Waals surface area (Å²) in [6.45, 7) is 3.08. The van der Waals surface area contributed by atoms with Crippen LogP contribution in [0.4, 0.5) is 0 Å². The summed E-state index contributed by atoms with van der Waals surface area (Å²) in [5.74, 6) is 1.00. The predicted molar refractivity (Wildman–Crippen MR) is 66.8 cm³/mol. The van der Waals surface area contributed by atoms with Gasteiger partial charge in [0.05, 0.1) is 13.2 Å². The van der Waals surface area contributed by atoms with E-state index in [0.29, 0.717) is 25.6 Å². The molecule has 0 bridgehead atoms. The number of carbonyl (C=O) groups excluding carboxylic acids is 1. The topological polar surface area (TPSA) is 50.4 Å². The molecule has 0 aromatic carbocycles. The van der Waals surface area contributed by atoms with Gasteiger partial charge in [-0.15, -0.1) is 0 Å². The summed E-state index contributed by atoms with van der Waals surface area (Å²) in [5.41, 5.74) is 0. The van der Waals surface area contributed by atoms with Crippen LogP contribution in [0.25, 0.3) is 0 Å². The van der Waals surface area contributed by atoms with Crippen LogP contribution < -0.4 is 10.6 Å². The molecule has 1 unspecified atom stereocenters. The van der Waals surface area contributed by atoms with Gasteiger partial charge in [-0.2, -0.15) is 0 Å². The predicted octanol–water partition coefficient (Wildman–Crippen LogP) is 1.06. The van der Waals surface area contributed by atoms with Gasteiger partial charge in [0.1, 0.15) is 0 Å². The van der Waals surface area contributed by atoms with E-state index in [1.54, 1.807) is 0 Å². The first-order chi connectivity index (χ1) is 8.34. The van der Waals surface area contributed by atoms with Gasteiger partial charge in [0, 0.05) is 25.6 Å². The minimum Gasteiger partial charge on any atom is -0.378 e. The van der Waals surface area contributed by atoms with Crippen LogP contribution >= 0.6 is 0 Å². The van der Waals surface area contributed by atoms with Crippen LogP contribution in [0, 0.1) is 5.92 Å². The lowest BCUT2D eigenvalue weighted by molar-refractivity contribution is -0.121. The van der Waals surface area contributed by atoms with E-state index in [9.17, 15) is 4.79 Å². The Morgan fingerprint density at radius 1 is 1.35 bits per heavy atom. The van der Waals surface area contributed by atoms with Crippen molar-refractivity contribution in [2.45, 2.75) is 44.6 Å². The first-order valence-electron chi connectivity index (χ1n) is 6.92. The van der Waals surface area contributed by atoms with Gasteiger partial charge in [-0.05, 0) is 12.3 Å². The number of carbonyl (C=O) groups is 1. The maximum atomic E-state index is 11.7. The van der Waals surface area contributed by atoms with Gasteiger partial charge in [-0.3, -0.25) is 4.79 Å². The van der Waals surface area contributed by atoms with E-state index in [4.69, 9.17) is 4.74 Å². The van der Waals surface area contributed by atoms with E-state index in [2.05, 4.69) is 10.6 Å². The summed E-state index contributed by atoms with van der Waals surface area (Å²) >= 11 is 0. The fraction of sp³-hybridized carbons (Fsp3) is 0.923. The molecule has 1 amide bonds. The third kappa shape index (κ3) is 4.64. The molecule has 4 nitrogen and oxygen atoms in total. The second-order valence-corrected chi connectivity index (χ2v) is 5.22. The number of hydrogen-bond donors (Lipinski definition) is 2. The molecular formula is C13H24N2O2. The molecule has 1 saturated carbocycles. The highest BCUT2D eigenvalue weighted by Crippen LogP contribution is 2.28. The van der Waals surface area contributed by atoms with Crippen LogP contribution in [0.1, 0.15) is 38.5 Å². The van der Waals surface area contributed by atoms with Crippen molar-refractivity contribution in [1.82, 2.24) is 10.6 Å². The quantitative estimate of drug-likeness (QED) is 0.755.